The molecule has 1 saturated heterocycles. The molecule has 128 valence electrons. The van der Waals surface area contributed by atoms with Crippen molar-refractivity contribution in [2.24, 2.45) is 5.92 Å². The second-order valence-electron chi connectivity index (χ2n) is 5.80. The summed E-state index contributed by atoms with van der Waals surface area (Å²) in [7, 11) is 0. The van der Waals surface area contributed by atoms with E-state index in [1.807, 2.05) is 0 Å². The number of carbonyl (C=O) groups excluding carboxylic acids is 1. The van der Waals surface area contributed by atoms with Crippen molar-refractivity contribution >= 4 is 5.91 Å². The number of hydrogen-bond acceptors (Lipinski definition) is 5. The van der Waals surface area contributed by atoms with Crippen LogP contribution in [0.2, 0.25) is 0 Å². The highest BCUT2D eigenvalue weighted by molar-refractivity contribution is 5.95. The van der Waals surface area contributed by atoms with Crippen molar-refractivity contribution in [3.63, 3.8) is 0 Å². The Kier molecular flexibility index (Phi) is 4.77. The summed E-state index contributed by atoms with van der Waals surface area (Å²) in [5.74, 6) is -1.22. The van der Waals surface area contributed by atoms with E-state index in [2.05, 4.69) is 15.7 Å². The summed E-state index contributed by atoms with van der Waals surface area (Å²) in [6.45, 7) is 1.34. The Balaban J connectivity index is 1.76. The largest absolute Gasteiger partial charge is 0.504 e. The van der Waals surface area contributed by atoms with Crippen LogP contribution in [0.5, 0.6) is 5.75 Å². The molecule has 1 aromatic heterocycles. The van der Waals surface area contributed by atoms with Crippen LogP contribution >= 0.6 is 0 Å². The van der Waals surface area contributed by atoms with E-state index in [-0.39, 0.29) is 35.8 Å². The van der Waals surface area contributed by atoms with E-state index in [4.69, 9.17) is 0 Å². The van der Waals surface area contributed by atoms with Gasteiger partial charge in [0.1, 0.15) is 5.82 Å². The molecule has 2 aromatic rings. The van der Waals surface area contributed by atoms with E-state index in [9.17, 15) is 19.4 Å². The van der Waals surface area contributed by atoms with Crippen molar-refractivity contribution in [3.05, 3.63) is 42.0 Å². The minimum Gasteiger partial charge on any atom is -0.504 e. The number of amides is 1. The first-order valence-corrected chi connectivity index (χ1v) is 7.75. The molecule has 7 nitrogen and oxygen atoms in total. The van der Waals surface area contributed by atoms with Crippen LogP contribution in [-0.4, -0.2) is 51.6 Å². The molecule has 0 radical (unpaired) electrons. The van der Waals surface area contributed by atoms with Crippen LogP contribution in [0, 0.1) is 11.7 Å². The van der Waals surface area contributed by atoms with Crippen molar-refractivity contribution in [2.45, 2.75) is 12.5 Å². The maximum Gasteiger partial charge on any atom is 0.275 e. The second kappa shape index (κ2) is 6.98. The Hall–Kier alpha value is -2.45. The molecule has 1 aliphatic rings. The first kappa shape index (κ1) is 16.4. The van der Waals surface area contributed by atoms with Crippen LogP contribution in [0.3, 0.4) is 0 Å². The number of nitrogens with zero attached hydrogens (tertiary/aromatic N) is 2. The Morgan fingerprint density at radius 1 is 1.42 bits per heavy atom. The molecule has 8 heteroatoms. The molecule has 0 spiro atoms. The first-order chi connectivity index (χ1) is 11.6. The lowest BCUT2D eigenvalue weighted by molar-refractivity contribution is 0.0875. The normalized spacial score (nSPS) is 20.8. The van der Waals surface area contributed by atoms with Gasteiger partial charge < -0.3 is 20.8 Å². The molecule has 1 aromatic carbocycles. The van der Waals surface area contributed by atoms with Crippen LogP contribution in [0.1, 0.15) is 16.9 Å². The number of aromatic nitrogens is 2. The lowest BCUT2D eigenvalue weighted by atomic mass is 9.94. The fourth-order valence-electron chi connectivity index (χ4n) is 2.79. The fourth-order valence-corrected chi connectivity index (χ4v) is 2.79. The number of benzene rings is 1. The number of piperidine rings is 1. The Morgan fingerprint density at radius 3 is 2.88 bits per heavy atom. The van der Waals surface area contributed by atoms with Crippen LogP contribution in [0.25, 0.3) is 5.69 Å². The average molecular weight is 334 g/mol. The number of aliphatic hydroxyl groups is 1. The molecule has 1 aliphatic heterocycles. The number of rotatable bonds is 4. The van der Waals surface area contributed by atoms with Crippen LogP contribution in [0.4, 0.5) is 4.39 Å². The summed E-state index contributed by atoms with van der Waals surface area (Å²) >= 11 is 0. The number of aliphatic hydroxyl groups excluding tert-OH is 1. The predicted molar refractivity (Wildman–Crippen MR) is 84.5 cm³/mol. The maximum atomic E-state index is 13.0. The lowest BCUT2D eigenvalue weighted by Crippen LogP contribution is -2.50. The summed E-state index contributed by atoms with van der Waals surface area (Å²) in [5.41, 5.74) is 0.426. The van der Waals surface area contributed by atoms with E-state index in [0.717, 1.165) is 6.54 Å². The van der Waals surface area contributed by atoms with E-state index >= 15 is 0 Å². The lowest BCUT2D eigenvalue weighted by Gasteiger charge is -2.31. The quantitative estimate of drug-likeness (QED) is 0.649. The number of aromatic hydroxyl groups is 1. The van der Waals surface area contributed by atoms with Gasteiger partial charge in [-0.05, 0) is 37.2 Å². The molecule has 0 saturated carbocycles. The molecular formula is C16H19FN4O3. The van der Waals surface area contributed by atoms with Crippen molar-refractivity contribution in [1.82, 2.24) is 20.4 Å². The van der Waals surface area contributed by atoms with E-state index in [1.54, 1.807) is 0 Å². The zero-order valence-corrected chi connectivity index (χ0v) is 12.9. The van der Waals surface area contributed by atoms with Gasteiger partial charge in [0.2, 0.25) is 0 Å². The topological polar surface area (TPSA) is 99.4 Å². The second-order valence-corrected chi connectivity index (χ2v) is 5.80. The van der Waals surface area contributed by atoms with Gasteiger partial charge in [0, 0.05) is 25.1 Å². The van der Waals surface area contributed by atoms with Gasteiger partial charge in [-0.25, -0.2) is 9.07 Å². The molecule has 1 fully saturated rings. The Labute approximate surface area is 138 Å². The third kappa shape index (κ3) is 3.39. The minimum atomic E-state index is -0.501. The highest BCUT2D eigenvalue weighted by Crippen LogP contribution is 2.19. The average Bonchev–Trinajstić information content (AvgIpc) is 2.98. The molecular weight excluding hydrogens is 315 g/mol. The summed E-state index contributed by atoms with van der Waals surface area (Å²) < 4.78 is 14.3. The monoisotopic (exact) mass is 334 g/mol. The molecule has 2 unspecified atom stereocenters. The van der Waals surface area contributed by atoms with Crippen LogP contribution < -0.4 is 10.6 Å². The van der Waals surface area contributed by atoms with Gasteiger partial charge in [-0.2, -0.15) is 5.10 Å². The Morgan fingerprint density at radius 2 is 2.17 bits per heavy atom. The third-order valence-electron chi connectivity index (χ3n) is 4.16. The van der Waals surface area contributed by atoms with Gasteiger partial charge in [0.05, 0.1) is 11.9 Å². The summed E-state index contributed by atoms with van der Waals surface area (Å²) in [6, 6.07) is 5.36. The van der Waals surface area contributed by atoms with Gasteiger partial charge in [-0.1, -0.05) is 0 Å². The van der Waals surface area contributed by atoms with Gasteiger partial charge in [0.15, 0.2) is 11.4 Å². The van der Waals surface area contributed by atoms with E-state index in [0.29, 0.717) is 18.7 Å². The van der Waals surface area contributed by atoms with Crippen molar-refractivity contribution in [2.75, 3.05) is 19.7 Å². The molecule has 2 heterocycles. The molecule has 2 atom stereocenters. The van der Waals surface area contributed by atoms with E-state index < -0.39 is 5.91 Å². The molecule has 0 aliphatic carbocycles. The third-order valence-corrected chi connectivity index (χ3v) is 4.16. The molecule has 3 rings (SSSR count). The van der Waals surface area contributed by atoms with Crippen molar-refractivity contribution in [1.29, 1.82) is 0 Å². The Bertz CT molecular complexity index is 717. The molecule has 4 N–H and O–H groups in total. The number of carbonyl (C=O) groups is 1. The number of halogens is 1. The summed E-state index contributed by atoms with van der Waals surface area (Å²) in [4.78, 5) is 12.4. The zero-order valence-electron chi connectivity index (χ0n) is 12.9. The minimum absolute atomic E-state index is 0.0338. The fraction of sp³-hybridized carbons (Fsp3) is 0.375. The SMILES string of the molecule is O=C(NC1CCNCC1CO)c1nn(-c2ccc(F)cc2)cc1O. The van der Waals surface area contributed by atoms with Gasteiger partial charge in [-0.15, -0.1) is 0 Å². The van der Waals surface area contributed by atoms with E-state index in [1.165, 1.54) is 35.1 Å². The highest BCUT2D eigenvalue weighted by Gasteiger charge is 2.28. The zero-order chi connectivity index (χ0) is 17.1. The highest BCUT2D eigenvalue weighted by atomic mass is 19.1. The summed E-state index contributed by atoms with van der Waals surface area (Å²) in [5, 5.41) is 29.4. The van der Waals surface area contributed by atoms with Gasteiger partial charge in [-0.3, -0.25) is 4.79 Å². The van der Waals surface area contributed by atoms with Crippen molar-refractivity contribution < 1.29 is 19.4 Å². The van der Waals surface area contributed by atoms with Crippen LogP contribution in [0.15, 0.2) is 30.5 Å². The van der Waals surface area contributed by atoms with Crippen molar-refractivity contribution in [3.8, 4) is 11.4 Å². The molecule has 0 bridgehead atoms. The molecule has 24 heavy (non-hydrogen) atoms. The predicted octanol–water partition coefficient (Wildman–Crippen LogP) is 0.417. The first-order valence-electron chi connectivity index (χ1n) is 7.75. The summed E-state index contributed by atoms with van der Waals surface area (Å²) in [6.07, 6.45) is 1.99. The number of nitrogens with one attached hydrogen (secondary N) is 2. The van der Waals surface area contributed by atoms with Gasteiger partial charge in [0.25, 0.3) is 5.91 Å². The molecule has 1 amide bonds. The maximum absolute atomic E-state index is 13.0. The number of hydrogen-bond donors (Lipinski definition) is 4. The van der Waals surface area contributed by atoms with Crippen LogP contribution in [-0.2, 0) is 0 Å². The standard InChI is InChI=1S/C16H19FN4O3/c17-11-1-3-12(4-2-11)21-8-14(23)15(20-21)16(24)19-13-5-6-18-7-10(13)9-22/h1-4,8,10,13,18,22-23H,5-7,9H2,(H,19,24). The smallest absolute Gasteiger partial charge is 0.275 e. The van der Waals surface area contributed by atoms with Gasteiger partial charge >= 0.3 is 0 Å².